The summed E-state index contributed by atoms with van der Waals surface area (Å²) in [6.07, 6.45) is 0. The highest BCUT2D eigenvalue weighted by Crippen LogP contribution is 2.46. The van der Waals surface area contributed by atoms with Gasteiger partial charge in [0.1, 0.15) is 11.2 Å². The van der Waals surface area contributed by atoms with Gasteiger partial charge in [0.05, 0.1) is 5.69 Å². The minimum Gasteiger partial charge on any atom is -0.456 e. The molecular formula is C54H37NO. The molecule has 2 heteroatoms. The Hall–Kier alpha value is -7.42. The molecule has 0 atom stereocenters. The monoisotopic (exact) mass is 715 g/mol. The molecule has 0 bridgehead atoms. The summed E-state index contributed by atoms with van der Waals surface area (Å²) < 4.78 is 6.14. The molecule has 0 aliphatic carbocycles. The fourth-order valence-corrected chi connectivity index (χ4v) is 8.03. The smallest absolute Gasteiger partial charge is 0.135 e. The van der Waals surface area contributed by atoms with Gasteiger partial charge < -0.3 is 9.32 Å². The van der Waals surface area contributed by atoms with Crippen LogP contribution in [0.25, 0.3) is 77.6 Å². The molecule has 0 aliphatic heterocycles. The molecule has 56 heavy (non-hydrogen) atoms. The Bertz CT molecular complexity index is 2960. The van der Waals surface area contributed by atoms with E-state index in [1.807, 2.05) is 12.1 Å². The van der Waals surface area contributed by atoms with Crippen LogP contribution in [0.2, 0.25) is 0 Å². The Morgan fingerprint density at radius 1 is 0.268 bits per heavy atom. The highest BCUT2D eigenvalue weighted by atomic mass is 16.3. The van der Waals surface area contributed by atoms with Crippen molar-refractivity contribution in [3.8, 4) is 55.6 Å². The van der Waals surface area contributed by atoms with Gasteiger partial charge in [-0.25, -0.2) is 0 Å². The fraction of sp³-hybridized carbons (Fsp3) is 0. The van der Waals surface area contributed by atoms with E-state index in [0.717, 1.165) is 55.7 Å². The molecule has 264 valence electrons. The molecule has 10 aromatic rings. The zero-order valence-electron chi connectivity index (χ0n) is 30.7. The summed E-state index contributed by atoms with van der Waals surface area (Å²) in [5.74, 6) is 0. The van der Waals surface area contributed by atoms with Gasteiger partial charge in [0.25, 0.3) is 0 Å². The molecule has 2 nitrogen and oxygen atoms in total. The van der Waals surface area contributed by atoms with Crippen LogP contribution in [0, 0.1) is 0 Å². The molecule has 9 aromatic carbocycles. The first-order chi connectivity index (χ1) is 27.8. The van der Waals surface area contributed by atoms with Gasteiger partial charge in [-0.15, -0.1) is 0 Å². The SMILES string of the molecule is c1ccc(-c2cccc(N(c3ccc(-c4ccc5oc6ccccc6c5c4)cc3)c3ccccc3-c3ccccc3-c3ccccc3-c3ccccc3)c2)cc1. The maximum absolute atomic E-state index is 6.14. The summed E-state index contributed by atoms with van der Waals surface area (Å²) in [5.41, 5.74) is 16.8. The summed E-state index contributed by atoms with van der Waals surface area (Å²) in [6.45, 7) is 0. The van der Waals surface area contributed by atoms with E-state index < -0.39 is 0 Å². The first-order valence-corrected chi connectivity index (χ1v) is 19.1. The third-order valence-electron chi connectivity index (χ3n) is 10.7. The van der Waals surface area contributed by atoms with Crippen molar-refractivity contribution in [2.24, 2.45) is 0 Å². The minimum absolute atomic E-state index is 0.902. The number of fused-ring (bicyclic) bond motifs is 3. The number of hydrogen-bond donors (Lipinski definition) is 0. The summed E-state index contributed by atoms with van der Waals surface area (Å²) in [4.78, 5) is 2.40. The van der Waals surface area contributed by atoms with Crippen LogP contribution in [0.4, 0.5) is 17.1 Å². The van der Waals surface area contributed by atoms with Crippen molar-refractivity contribution in [2.75, 3.05) is 4.90 Å². The first-order valence-electron chi connectivity index (χ1n) is 19.1. The van der Waals surface area contributed by atoms with E-state index in [1.54, 1.807) is 0 Å². The van der Waals surface area contributed by atoms with Crippen molar-refractivity contribution in [2.45, 2.75) is 0 Å². The summed E-state index contributed by atoms with van der Waals surface area (Å²) in [5, 5.41) is 2.26. The molecule has 0 amide bonds. The van der Waals surface area contributed by atoms with Crippen molar-refractivity contribution in [3.63, 3.8) is 0 Å². The van der Waals surface area contributed by atoms with Gasteiger partial charge in [-0.05, 0) is 98.6 Å². The van der Waals surface area contributed by atoms with Crippen molar-refractivity contribution < 1.29 is 4.42 Å². The Morgan fingerprint density at radius 2 is 0.768 bits per heavy atom. The van der Waals surface area contributed by atoms with Gasteiger partial charge >= 0.3 is 0 Å². The number of anilines is 3. The lowest BCUT2D eigenvalue weighted by molar-refractivity contribution is 0.669. The lowest BCUT2D eigenvalue weighted by Gasteiger charge is -2.29. The molecule has 1 heterocycles. The summed E-state index contributed by atoms with van der Waals surface area (Å²) in [6, 6.07) is 80.2. The van der Waals surface area contributed by atoms with Gasteiger partial charge in [-0.1, -0.05) is 176 Å². The van der Waals surface area contributed by atoms with Gasteiger partial charge in [0.2, 0.25) is 0 Å². The van der Waals surface area contributed by atoms with Gasteiger partial charge in [-0.3, -0.25) is 0 Å². The molecule has 0 N–H and O–H groups in total. The standard InChI is InChI=1S/C54H37NO/c1-3-16-38(17-4-1)41-20-15-21-44(36-41)55(43-33-30-39(31-34-43)42-32-35-54-51(37-42)50-27-12-14-29-53(50)56-54)52-28-13-11-26-49(52)48-25-10-9-24-47(48)46-23-8-7-22-45(46)40-18-5-2-6-19-40/h1-37H. The summed E-state index contributed by atoms with van der Waals surface area (Å²) >= 11 is 0. The highest BCUT2D eigenvalue weighted by molar-refractivity contribution is 6.06. The number of furan rings is 1. The van der Waals surface area contributed by atoms with Crippen LogP contribution in [0.5, 0.6) is 0 Å². The lowest BCUT2D eigenvalue weighted by Crippen LogP contribution is -2.11. The highest BCUT2D eigenvalue weighted by Gasteiger charge is 2.21. The molecule has 0 aliphatic rings. The minimum atomic E-state index is 0.902. The van der Waals surface area contributed by atoms with Crippen LogP contribution in [0.1, 0.15) is 0 Å². The van der Waals surface area contributed by atoms with Crippen molar-refractivity contribution in [1.29, 1.82) is 0 Å². The average Bonchev–Trinajstić information content (AvgIpc) is 3.66. The molecule has 10 rings (SSSR count). The average molecular weight is 716 g/mol. The van der Waals surface area contributed by atoms with E-state index >= 15 is 0 Å². The quantitative estimate of drug-likeness (QED) is 0.156. The molecule has 0 radical (unpaired) electrons. The van der Waals surface area contributed by atoms with Crippen LogP contribution in [0.15, 0.2) is 229 Å². The van der Waals surface area contributed by atoms with Crippen molar-refractivity contribution in [1.82, 2.24) is 0 Å². The van der Waals surface area contributed by atoms with Crippen LogP contribution >= 0.6 is 0 Å². The Balaban J connectivity index is 1.13. The van der Waals surface area contributed by atoms with E-state index in [2.05, 4.69) is 217 Å². The molecular weight excluding hydrogens is 679 g/mol. The van der Waals surface area contributed by atoms with E-state index in [0.29, 0.717) is 0 Å². The third-order valence-corrected chi connectivity index (χ3v) is 10.7. The second-order valence-electron chi connectivity index (χ2n) is 14.1. The van der Waals surface area contributed by atoms with Crippen molar-refractivity contribution >= 4 is 39.0 Å². The predicted octanol–water partition coefficient (Wildman–Crippen LogP) is 15.4. The maximum Gasteiger partial charge on any atom is 0.135 e. The van der Waals surface area contributed by atoms with Crippen LogP contribution in [0.3, 0.4) is 0 Å². The van der Waals surface area contributed by atoms with E-state index in [1.165, 1.54) is 38.9 Å². The van der Waals surface area contributed by atoms with Gasteiger partial charge in [0, 0.05) is 27.7 Å². The Morgan fingerprint density at radius 3 is 1.52 bits per heavy atom. The maximum atomic E-state index is 6.14. The number of benzene rings is 9. The number of para-hydroxylation sites is 2. The second kappa shape index (κ2) is 14.4. The Kier molecular flexibility index (Phi) is 8.55. The first kappa shape index (κ1) is 33.2. The fourth-order valence-electron chi connectivity index (χ4n) is 8.03. The predicted molar refractivity (Wildman–Crippen MR) is 236 cm³/mol. The molecule has 0 saturated carbocycles. The molecule has 0 saturated heterocycles. The van der Waals surface area contributed by atoms with Gasteiger partial charge in [-0.2, -0.15) is 0 Å². The van der Waals surface area contributed by atoms with Crippen LogP contribution in [-0.4, -0.2) is 0 Å². The normalized spacial score (nSPS) is 11.2. The van der Waals surface area contributed by atoms with E-state index in [-0.39, 0.29) is 0 Å². The number of hydrogen-bond acceptors (Lipinski definition) is 2. The molecule has 0 unspecified atom stereocenters. The number of rotatable bonds is 8. The molecule has 0 spiro atoms. The zero-order valence-corrected chi connectivity index (χ0v) is 30.7. The third kappa shape index (κ3) is 6.14. The Labute approximate surface area is 327 Å². The summed E-state index contributed by atoms with van der Waals surface area (Å²) in [7, 11) is 0. The topological polar surface area (TPSA) is 16.4 Å². The van der Waals surface area contributed by atoms with E-state index in [4.69, 9.17) is 4.42 Å². The zero-order chi connectivity index (χ0) is 37.3. The largest absolute Gasteiger partial charge is 0.456 e. The second-order valence-corrected chi connectivity index (χ2v) is 14.1. The van der Waals surface area contributed by atoms with Gasteiger partial charge in [0.15, 0.2) is 0 Å². The molecule has 1 aromatic heterocycles. The number of nitrogens with zero attached hydrogens (tertiary/aromatic N) is 1. The lowest BCUT2D eigenvalue weighted by atomic mass is 9.88. The van der Waals surface area contributed by atoms with E-state index in [9.17, 15) is 0 Å². The van der Waals surface area contributed by atoms with Crippen LogP contribution < -0.4 is 4.90 Å². The van der Waals surface area contributed by atoms with Crippen LogP contribution in [-0.2, 0) is 0 Å². The van der Waals surface area contributed by atoms with Crippen molar-refractivity contribution in [3.05, 3.63) is 224 Å². The molecule has 0 fully saturated rings.